The van der Waals surface area contributed by atoms with Crippen LogP contribution in [0, 0.1) is 5.92 Å². The Morgan fingerprint density at radius 1 is 1.00 bits per heavy atom. The van der Waals surface area contributed by atoms with Crippen LogP contribution in [-0.2, 0) is 4.57 Å². The molecule has 3 aromatic rings. The molecule has 0 atom stereocenters. The number of imidazole rings is 1. The average Bonchev–Trinajstić information content (AvgIpc) is 3.48. The number of aromatic nitrogens is 4. The lowest BCUT2D eigenvalue weighted by Gasteiger charge is -2.29. The van der Waals surface area contributed by atoms with Crippen LogP contribution >= 0.6 is 19.2 Å². The van der Waals surface area contributed by atoms with Crippen LogP contribution in [-0.4, -0.2) is 35.5 Å². The first-order valence-corrected chi connectivity index (χ1v) is 12.6. The van der Waals surface area contributed by atoms with Gasteiger partial charge in [0.15, 0.2) is 10.8 Å². The van der Waals surface area contributed by atoms with Crippen molar-refractivity contribution in [3.8, 4) is 5.69 Å². The van der Waals surface area contributed by atoms with Crippen molar-refractivity contribution < 1.29 is 14.4 Å². The Bertz CT molecular complexity index is 1120. The van der Waals surface area contributed by atoms with E-state index in [0.29, 0.717) is 22.5 Å². The fourth-order valence-electron chi connectivity index (χ4n) is 4.66. The highest BCUT2D eigenvalue weighted by Crippen LogP contribution is 2.45. The van der Waals surface area contributed by atoms with Gasteiger partial charge >= 0.3 is 7.60 Å². The Balaban J connectivity index is 1.38. The van der Waals surface area contributed by atoms with E-state index in [2.05, 4.69) is 38.8 Å². The van der Waals surface area contributed by atoms with Crippen molar-refractivity contribution in [1.82, 2.24) is 19.5 Å². The maximum Gasteiger partial charge on any atom is 0.325 e. The Morgan fingerprint density at radius 3 is 2.30 bits per heavy atom. The SMILES string of the molecule is O=P(O)(O)CC1CCC(c2ccc(-n3c(C4CC4)nc4c(Cl)ncnc43)cc2)CC1. The molecule has 2 aromatic heterocycles. The van der Waals surface area contributed by atoms with Gasteiger partial charge in [-0.1, -0.05) is 23.7 Å². The van der Waals surface area contributed by atoms with Gasteiger partial charge in [0.1, 0.15) is 17.7 Å². The van der Waals surface area contributed by atoms with E-state index in [1.807, 2.05) is 0 Å². The quantitative estimate of drug-likeness (QED) is 0.431. The van der Waals surface area contributed by atoms with E-state index in [1.54, 1.807) is 0 Å². The first kappa shape index (κ1) is 20.1. The lowest BCUT2D eigenvalue weighted by molar-refractivity contribution is 0.316. The summed E-state index contributed by atoms with van der Waals surface area (Å²) in [6.07, 6.45) is 7.41. The molecule has 158 valence electrons. The number of hydrogen-bond acceptors (Lipinski definition) is 4. The smallest absolute Gasteiger partial charge is 0.324 e. The zero-order valence-electron chi connectivity index (χ0n) is 16.5. The lowest BCUT2D eigenvalue weighted by Crippen LogP contribution is -2.16. The van der Waals surface area contributed by atoms with Crippen LogP contribution in [0.2, 0.25) is 5.15 Å². The van der Waals surface area contributed by atoms with E-state index in [1.165, 1.54) is 11.9 Å². The van der Waals surface area contributed by atoms with Gasteiger partial charge in [-0.15, -0.1) is 0 Å². The summed E-state index contributed by atoms with van der Waals surface area (Å²) in [6, 6.07) is 8.55. The number of hydrogen-bond donors (Lipinski definition) is 2. The summed E-state index contributed by atoms with van der Waals surface area (Å²) < 4.78 is 13.4. The van der Waals surface area contributed by atoms with Gasteiger partial charge in [-0.05, 0) is 68.1 Å². The molecule has 0 spiro atoms. The van der Waals surface area contributed by atoms with E-state index in [4.69, 9.17) is 16.6 Å². The lowest BCUT2D eigenvalue weighted by atomic mass is 9.79. The Hall–Kier alpha value is -1.79. The van der Waals surface area contributed by atoms with Gasteiger partial charge in [0.2, 0.25) is 0 Å². The minimum Gasteiger partial charge on any atom is -0.324 e. The standard InChI is InChI=1S/C21H24ClN4O3P/c22-19-18-21(24-12-23-19)26(20(25-18)16-5-6-16)17-9-7-15(8-10-17)14-3-1-13(2-4-14)11-30(27,28)29/h7-10,12-14,16H,1-6,11H2,(H2,27,28,29). The molecule has 2 fully saturated rings. The summed E-state index contributed by atoms with van der Waals surface area (Å²) in [7, 11) is -3.92. The molecule has 1 aromatic carbocycles. The van der Waals surface area contributed by atoms with Crippen molar-refractivity contribution in [2.45, 2.75) is 50.4 Å². The summed E-state index contributed by atoms with van der Waals surface area (Å²) >= 11 is 6.26. The first-order chi connectivity index (χ1) is 14.4. The highest BCUT2D eigenvalue weighted by molar-refractivity contribution is 7.51. The van der Waals surface area contributed by atoms with Crippen LogP contribution in [0.3, 0.4) is 0 Å². The number of halogens is 1. The molecule has 0 amide bonds. The fraction of sp³-hybridized carbons (Fsp3) is 0.476. The molecule has 2 heterocycles. The van der Waals surface area contributed by atoms with Crippen LogP contribution in [0.15, 0.2) is 30.6 Å². The van der Waals surface area contributed by atoms with Crippen LogP contribution < -0.4 is 0 Å². The maximum absolute atomic E-state index is 11.3. The van der Waals surface area contributed by atoms with Gasteiger partial charge in [0.05, 0.1) is 6.16 Å². The molecule has 7 nitrogen and oxygen atoms in total. The van der Waals surface area contributed by atoms with E-state index < -0.39 is 7.60 Å². The third-order valence-electron chi connectivity index (χ3n) is 6.33. The van der Waals surface area contributed by atoms with Crippen LogP contribution in [0.5, 0.6) is 0 Å². The van der Waals surface area contributed by atoms with Crippen LogP contribution in [0.25, 0.3) is 16.9 Å². The van der Waals surface area contributed by atoms with Crippen molar-refractivity contribution >= 4 is 30.4 Å². The number of benzene rings is 1. The third-order valence-corrected chi connectivity index (χ3v) is 7.60. The van der Waals surface area contributed by atoms with Crippen molar-refractivity contribution in [3.05, 3.63) is 47.1 Å². The van der Waals surface area contributed by atoms with E-state index in [-0.39, 0.29) is 12.1 Å². The molecule has 0 saturated heterocycles. The van der Waals surface area contributed by atoms with Gasteiger partial charge in [-0.25, -0.2) is 15.0 Å². The van der Waals surface area contributed by atoms with E-state index in [9.17, 15) is 14.4 Å². The fourth-order valence-corrected chi connectivity index (χ4v) is 5.87. The zero-order valence-corrected chi connectivity index (χ0v) is 18.1. The van der Waals surface area contributed by atoms with Gasteiger partial charge in [-0.3, -0.25) is 9.13 Å². The second kappa shape index (κ2) is 7.72. The summed E-state index contributed by atoms with van der Waals surface area (Å²) in [5, 5.41) is 0.379. The molecule has 9 heteroatoms. The first-order valence-electron chi connectivity index (χ1n) is 10.4. The normalized spacial score (nSPS) is 22.5. The molecule has 2 N–H and O–H groups in total. The summed E-state index contributed by atoms with van der Waals surface area (Å²) in [5.74, 6) is 2.01. The Kier molecular flexibility index (Phi) is 5.18. The second-order valence-electron chi connectivity index (χ2n) is 8.57. The molecule has 0 unspecified atom stereocenters. The van der Waals surface area contributed by atoms with Gasteiger partial charge in [-0.2, -0.15) is 0 Å². The van der Waals surface area contributed by atoms with Crippen LogP contribution in [0.1, 0.15) is 61.7 Å². The van der Waals surface area contributed by atoms with Gasteiger partial charge in [0, 0.05) is 11.6 Å². The van der Waals surface area contributed by atoms with Crippen LogP contribution in [0.4, 0.5) is 0 Å². The van der Waals surface area contributed by atoms with Gasteiger partial charge < -0.3 is 9.79 Å². The van der Waals surface area contributed by atoms with E-state index >= 15 is 0 Å². The Labute approximate surface area is 179 Å². The molecular formula is C21H24ClN4O3P. The summed E-state index contributed by atoms with van der Waals surface area (Å²) in [4.78, 5) is 31.7. The van der Waals surface area contributed by atoms with Gasteiger partial charge in [0.25, 0.3) is 0 Å². The number of rotatable bonds is 5. The number of fused-ring (bicyclic) bond motifs is 1. The van der Waals surface area contributed by atoms with Crippen molar-refractivity contribution in [2.24, 2.45) is 5.92 Å². The molecular weight excluding hydrogens is 423 g/mol. The zero-order chi connectivity index (χ0) is 20.9. The topological polar surface area (TPSA) is 101 Å². The maximum atomic E-state index is 11.3. The monoisotopic (exact) mass is 446 g/mol. The number of nitrogens with zero attached hydrogens (tertiary/aromatic N) is 4. The molecule has 2 aliphatic rings. The minimum atomic E-state index is -3.92. The summed E-state index contributed by atoms with van der Waals surface area (Å²) in [5.41, 5.74) is 3.68. The average molecular weight is 447 g/mol. The third kappa shape index (κ3) is 4.04. The molecule has 0 bridgehead atoms. The molecule has 2 saturated carbocycles. The molecule has 30 heavy (non-hydrogen) atoms. The summed E-state index contributed by atoms with van der Waals surface area (Å²) in [6.45, 7) is 0. The Morgan fingerprint density at radius 2 is 1.67 bits per heavy atom. The highest BCUT2D eigenvalue weighted by atomic mass is 35.5. The second-order valence-corrected chi connectivity index (χ2v) is 10.6. The van der Waals surface area contributed by atoms with Crippen molar-refractivity contribution in [2.75, 3.05) is 6.16 Å². The molecule has 2 aliphatic carbocycles. The predicted octanol–water partition coefficient (Wildman–Crippen LogP) is 4.80. The largest absolute Gasteiger partial charge is 0.325 e. The van der Waals surface area contributed by atoms with E-state index in [0.717, 1.165) is 55.7 Å². The predicted molar refractivity (Wildman–Crippen MR) is 115 cm³/mol. The highest BCUT2D eigenvalue weighted by Gasteiger charge is 2.31. The minimum absolute atomic E-state index is 0.0146. The molecule has 0 aliphatic heterocycles. The molecule has 0 radical (unpaired) electrons. The van der Waals surface area contributed by atoms with Crippen molar-refractivity contribution in [3.63, 3.8) is 0 Å². The van der Waals surface area contributed by atoms with Crippen molar-refractivity contribution in [1.29, 1.82) is 0 Å². The molecule has 5 rings (SSSR count).